The molecule has 0 saturated heterocycles. The maximum atomic E-state index is 2.53. The molecule has 2 heteroatoms. The van der Waals surface area contributed by atoms with E-state index in [0.29, 0.717) is 0 Å². The summed E-state index contributed by atoms with van der Waals surface area (Å²) in [5.41, 5.74) is 19.7. The third kappa shape index (κ3) is 5.08. The minimum Gasteiger partial charge on any atom is -0.309 e. The number of para-hydroxylation sites is 3. The molecule has 64 heavy (non-hydrogen) atoms. The van der Waals surface area contributed by atoms with E-state index in [1.54, 1.807) is 0 Å². The van der Waals surface area contributed by atoms with E-state index in [2.05, 4.69) is 240 Å². The van der Waals surface area contributed by atoms with Crippen LogP contribution in [0.5, 0.6) is 0 Å². The second-order valence-corrected chi connectivity index (χ2v) is 17.2. The summed E-state index contributed by atoms with van der Waals surface area (Å²) in [5, 5.41) is 10.1. The first-order chi connectivity index (χ1) is 31.7. The average Bonchev–Trinajstić information content (AvgIpc) is 4.00. The molecule has 11 aromatic carbocycles. The first-order valence-corrected chi connectivity index (χ1v) is 22.2. The Bertz CT molecular complexity index is 4050. The summed E-state index contributed by atoms with van der Waals surface area (Å²) in [4.78, 5) is 0. The van der Waals surface area contributed by atoms with Crippen molar-refractivity contribution in [3.63, 3.8) is 0 Å². The van der Waals surface area contributed by atoms with Crippen molar-refractivity contribution in [3.05, 3.63) is 231 Å². The van der Waals surface area contributed by atoms with E-state index < -0.39 is 0 Å². The lowest BCUT2D eigenvalue weighted by atomic mass is 9.95. The summed E-state index contributed by atoms with van der Waals surface area (Å²) in [5.74, 6) is 0. The number of hydrogen-bond donors (Lipinski definition) is 0. The topological polar surface area (TPSA) is 9.86 Å². The van der Waals surface area contributed by atoms with Crippen molar-refractivity contribution in [1.82, 2.24) is 9.13 Å². The van der Waals surface area contributed by atoms with Gasteiger partial charge in [-0.05, 0) is 115 Å². The average molecular weight is 811 g/mol. The first-order valence-electron chi connectivity index (χ1n) is 22.2. The summed E-state index contributed by atoms with van der Waals surface area (Å²) < 4.78 is 4.91. The highest BCUT2D eigenvalue weighted by Gasteiger charge is 2.23. The summed E-state index contributed by atoms with van der Waals surface area (Å²) >= 11 is 0. The molecule has 0 atom stereocenters. The second kappa shape index (κ2) is 13.5. The Morgan fingerprint density at radius 3 is 1.72 bits per heavy atom. The Hall–Kier alpha value is -8.46. The Labute approximate surface area is 370 Å². The highest BCUT2D eigenvalue weighted by Crippen LogP contribution is 2.49. The number of fused-ring (bicyclic) bond motifs is 11. The van der Waals surface area contributed by atoms with Crippen LogP contribution in [0.25, 0.3) is 132 Å². The van der Waals surface area contributed by atoms with E-state index in [4.69, 9.17) is 0 Å². The van der Waals surface area contributed by atoms with E-state index in [1.807, 2.05) is 0 Å². The van der Waals surface area contributed by atoms with Crippen LogP contribution in [0.4, 0.5) is 0 Å². The van der Waals surface area contributed by atoms with Crippen molar-refractivity contribution < 1.29 is 0 Å². The Morgan fingerprint density at radius 1 is 0.250 bits per heavy atom. The summed E-state index contributed by atoms with van der Waals surface area (Å²) in [7, 11) is 0. The molecule has 0 spiro atoms. The number of hydrogen-bond acceptors (Lipinski definition) is 0. The molecule has 2 nitrogen and oxygen atoms in total. The van der Waals surface area contributed by atoms with E-state index in [1.165, 1.54) is 126 Å². The van der Waals surface area contributed by atoms with Crippen molar-refractivity contribution >= 4 is 65.2 Å². The fourth-order valence-corrected chi connectivity index (χ4v) is 10.9. The first kappa shape index (κ1) is 35.2. The third-order valence-electron chi connectivity index (χ3n) is 13.9. The van der Waals surface area contributed by atoms with Gasteiger partial charge in [-0.15, -0.1) is 0 Å². The van der Waals surface area contributed by atoms with Crippen LogP contribution in [0.1, 0.15) is 0 Å². The molecule has 0 aliphatic heterocycles. The molecule has 14 rings (SSSR count). The fraction of sp³-hybridized carbons (Fsp3) is 0. The van der Waals surface area contributed by atoms with Crippen molar-refractivity contribution in [2.24, 2.45) is 0 Å². The van der Waals surface area contributed by atoms with Gasteiger partial charge in [0, 0.05) is 38.2 Å². The minimum absolute atomic E-state index is 1.16. The molecule has 296 valence electrons. The zero-order valence-corrected chi connectivity index (χ0v) is 34.8. The van der Waals surface area contributed by atoms with Crippen molar-refractivity contribution in [1.29, 1.82) is 0 Å². The lowest BCUT2D eigenvalue weighted by Gasteiger charge is -2.16. The van der Waals surface area contributed by atoms with Gasteiger partial charge in [0.05, 0.1) is 27.8 Å². The second-order valence-electron chi connectivity index (χ2n) is 17.2. The zero-order valence-electron chi connectivity index (χ0n) is 34.8. The van der Waals surface area contributed by atoms with E-state index in [0.717, 1.165) is 5.69 Å². The van der Waals surface area contributed by atoms with Gasteiger partial charge < -0.3 is 9.13 Å². The predicted octanol–water partition coefficient (Wildman–Crippen LogP) is 16.8. The van der Waals surface area contributed by atoms with Crippen LogP contribution >= 0.6 is 0 Å². The molecule has 0 fully saturated rings. The largest absolute Gasteiger partial charge is 0.309 e. The molecule has 0 saturated carbocycles. The highest BCUT2D eigenvalue weighted by atomic mass is 15.0. The van der Waals surface area contributed by atoms with Crippen molar-refractivity contribution in [2.75, 3.05) is 0 Å². The van der Waals surface area contributed by atoms with Gasteiger partial charge in [0.1, 0.15) is 0 Å². The fourth-order valence-electron chi connectivity index (χ4n) is 10.9. The van der Waals surface area contributed by atoms with Gasteiger partial charge in [-0.2, -0.15) is 0 Å². The van der Waals surface area contributed by atoms with E-state index in [9.17, 15) is 0 Å². The van der Waals surface area contributed by atoms with Crippen LogP contribution < -0.4 is 0 Å². The van der Waals surface area contributed by atoms with Crippen LogP contribution in [0.15, 0.2) is 231 Å². The quantitative estimate of drug-likeness (QED) is 0.164. The molecular formula is C62H38N2. The number of aromatic nitrogens is 2. The maximum Gasteiger partial charge on any atom is 0.0619 e. The van der Waals surface area contributed by atoms with Crippen molar-refractivity contribution in [2.45, 2.75) is 0 Å². The number of benzene rings is 11. The summed E-state index contributed by atoms with van der Waals surface area (Å²) in [6, 6.07) is 85.3. The Balaban J connectivity index is 0.925. The summed E-state index contributed by atoms with van der Waals surface area (Å²) in [6.45, 7) is 0. The SMILES string of the molecule is c1ccc(-n2c3ccccc3c3cc(-c4ccc5c6ccc7ccccc7c6n(-c6ccccc6-c6ccc(-c7ccc8c(c7)-c7cccc9cccc-8c79)cc6)c5c4)ccc32)cc1. The molecule has 13 aromatic rings. The molecule has 0 unspecified atom stereocenters. The molecule has 2 aromatic heterocycles. The molecule has 2 heterocycles. The molecule has 1 aliphatic rings. The molecule has 0 amide bonds. The van der Waals surface area contributed by atoms with Gasteiger partial charge in [-0.1, -0.05) is 182 Å². The van der Waals surface area contributed by atoms with Gasteiger partial charge in [-0.25, -0.2) is 0 Å². The molecule has 0 bridgehead atoms. The van der Waals surface area contributed by atoms with Crippen LogP contribution in [-0.4, -0.2) is 9.13 Å². The molecule has 1 aliphatic carbocycles. The number of rotatable bonds is 5. The smallest absolute Gasteiger partial charge is 0.0619 e. The zero-order chi connectivity index (χ0) is 41.9. The van der Waals surface area contributed by atoms with E-state index in [-0.39, 0.29) is 0 Å². The van der Waals surface area contributed by atoms with E-state index >= 15 is 0 Å². The maximum absolute atomic E-state index is 2.53. The standard InChI is InChI=1S/C62H38N2/c1-2-15-46(16-3-1)63-58-23-9-7-19-50(58)56-37-44(31-35-59(56)63)45-30-33-51-54-34-28-40-12-4-5-18-48(40)62(54)64(60(51)38-45)57-22-8-6-17-47(57)41-26-24-39(25-27-41)43-29-32-49-52-20-10-13-42-14-11-21-53(61(42)52)55(49)36-43/h1-38H. The van der Waals surface area contributed by atoms with Crippen molar-refractivity contribution in [3.8, 4) is 67.0 Å². The van der Waals surface area contributed by atoms with Gasteiger partial charge in [0.2, 0.25) is 0 Å². The minimum atomic E-state index is 1.16. The lowest BCUT2D eigenvalue weighted by Crippen LogP contribution is -1.98. The Morgan fingerprint density at radius 2 is 0.844 bits per heavy atom. The lowest BCUT2D eigenvalue weighted by molar-refractivity contribution is 1.18. The number of nitrogens with zero attached hydrogens (tertiary/aromatic N) is 2. The van der Waals surface area contributed by atoms with Crippen LogP contribution in [-0.2, 0) is 0 Å². The Kier molecular flexibility index (Phi) is 7.43. The van der Waals surface area contributed by atoms with Crippen LogP contribution in [0.3, 0.4) is 0 Å². The van der Waals surface area contributed by atoms with Gasteiger partial charge in [0.25, 0.3) is 0 Å². The predicted molar refractivity (Wildman–Crippen MR) is 271 cm³/mol. The third-order valence-corrected chi connectivity index (χ3v) is 13.9. The van der Waals surface area contributed by atoms with Gasteiger partial charge in [0.15, 0.2) is 0 Å². The van der Waals surface area contributed by atoms with Crippen LogP contribution in [0, 0.1) is 0 Å². The van der Waals surface area contributed by atoms with Gasteiger partial charge >= 0.3 is 0 Å². The highest BCUT2D eigenvalue weighted by molar-refractivity contribution is 6.20. The molecule has 0 radical (unpaired) electrons. The molecule has 0 N–H and O–H groups in total. The normalized spacial score (nSPS) is 12.1. The molecular weight excluding hydrogens is 773 g/mol. The summed E-state index contributed by atoms with van der Waals surface area (Å²) in [6.07, 6.45) is 0. The monoisotopic (exact) mass is 810 g/mol. The van der Waals surface area contributed by atoms with Crippen LogP contribution in [0.2, 0.25) is 0 Å². The van der Waals surface area contributed by atoms with Gasteiger partial charge in [-0.3, -0.25) is 0 Å².